The predicted molar refractivity (Wildman–Crippen MR) is 179 cm³/mol. The second-order valence-corrected chi connectivity index (χ2v) is 17.1. The van der Waals surface area contributed by atoms with Gasteiger partial charge in [0.25, 0.3) is 0 Å². The summed E-state index contributed by atoms with van der Waals surface area (Å²) in [7, 11) is 1.22. The summed E-state index contributed by atoms with van der Waals surface area (Å²) < 4.78 is 48.6. The van der Waals surface area contributed by atoms with Crippen LogP contribution in [0.15, 0.2) is 0 Å². The highest BCUT2D eigenvalue weighted by Crippen LogP contribution is 2.79. The highest BCUT2D eigenvalue weighted by Gasteiger charge is 2.91. The van der Waals surface area contributed by atoms with Gasteiger partial charge in [0.2, 0.25) is 5.60 Å². The minimum Gasteiger partial charge on any atom is -0.467 e. The van der Waals surface area contributed by atoms with E-state index in [1.807, 2.05) is 20.8 Å². The Kier molecular flexibility index (Phi) is 9.38. The molecular weight excluding hydrogens is 696 g/mol. The molecule has 15 nitrogen and oxygen atoms in total. The molecule has 15 heteroatoms. The number of ether oxygens (including phenoxy) is 8. The van der Waals surface area contributed by atoms with Gasteiger partial charge >= 0.3 is 35.8 Å². The Morgan fingerprint density at radius 1 is 0.792 bits per heavy atom. The van der Waals surface area contributed by atoms with E-state index in [1.54, 1.807) is 13.8 Å². The van der Waals surface area contributed by atoms with Gasteiger partial charge in [-0.3, -0.25) is 24.0 Å². The average Bonchev–Trinajstić information content (AvgIpc) is 3.65. The van der Waals surface area contributed by atoms with Gasteiger partial charge < -0.3 is 43.0 Å². The summed E-state index contributed by atoms with van der Waals surface area (Å²) in [5.41, 5.74) is -8.80. The number of epoxide rings is 1. The summed E-state index contributed by atoms with van der Waals surface area (Å²) in [4.78, 5) is 79.1. The monoisotopic (exact) mass is 750 g/mol. The third-order valence-corrected chi connectivity index (χ3v) is 14.6. The second-order valence-electron chi connectivity index (χ2n) is 17.1. The van der Waals surface area contributed by atoms with E-state index in [-0.39, 0.29) is 25.6 Å². The molecule has 16 atom stereocenters. The molecule has 0 bridgehead atoms. The molecule has 53 heavy (non-hydrogen) atoms. The lowest BCUT2D eigenvalue weighted by Gasteiger charge is -2.74. The number of hydrogen-bond donors (Lipinski definition) is 1. The second kappa shape index (κ2) is 12.6. The Morgan fingerprint density at radius 3 is 1.91 bits per heavy atom. The fraction of sp³-hybridized carbons (Fsp3) is 0.842. The van der Waals surface area contributed by atoms with Crippen LogP contribution in [0.5, 0.6) is 0 Å². The Hall–Kier alpha value is -3.30. The number of hydrogen-bond acceptors (Lipinski definition) is 15. The molecule has 0 aromatic rings. The largest absolute Gasteiger partial charge is 0.467 e. The molecular formula is C38H54O15. The molecule has 2 saturated heterocycles. The third kappa shape index (κ3) is 5.00. The van der Waals surface area contributed by atoms with E-state index >= 15 is 0 Å². The van der Waals surface area contributed by atoms with Crippen LogP contribution < -0.4 is 0 Å². The first-order valence-electron chi connectivity index (χ1n) is 18.5. The molecule has 6 aliphatic rings. The quantitative estimate of drug-likeness (QED) is 0.226. The SMILES string of the molecule is COC(=O)[C@@]12O[C@@H]1C(C)C[C@@]1(O)[C@@H]3CC[C@@]4(C)[C@@H]5COC[C@]5(C(C)OC(C)=O)[C@@H](OC(C)=O)[C@@H](OC(C)=O)[C@@H]4[C@@]3(C)[C@H](OC(C)=O)[C@H](OC(C)=O)[C@]12C. The summed E-state index contributed by atoms with van der Waals surface area (Å²) in [6.07, 6.45) is -6.08. The molecule has 0 amide bonds. The van der Waals surface area contributed by atoms with Crippen molar-refractivity contribution in [3.63, 3.8) is 0 Å². The number of fused-ring (bicyclic) bond motifs is 9. The molecule has 0 aromatic heterocycles. The van der Waals surface area contributed by atoms with E-state index < -0.39 is 123 Å². The fourth-order valence-corrected chi connectivity index (χ4v) is 13.0. The Bertz CT molecular complexity index is 1600. The Morgan fingerprint density at radius 2 is 1.36 bits per heavy atom. The Labute approximate surface area is 309 Å². The van der Waals surface area contributed by atoms with Crippen molar-refractivity contribution in [3.8, 4) is 0 Å². The normalized spacial score (nSPS) is 48.1. The molecule has 0 radical (unpaired) electrons. The van der Waals surface area contributed by atoms with Crippen LogP contribution in [0.3, 0.4) is 0 Å². The first-order chi connectivity index (χ1) is 24.5. The van der Waals surface area contributed by atoms with Crippen molar-refractivity contribution in [1.29, 1.82) is 0 Å². The van der Waals surface area contributed by atoms with Gasteiger partial charge in [-0.2, -0.15) is 0 Å². The summed E-state index contributed by atoms with van der Waals surface area (Å²) in [6.45, 7) is 15.4. The van der Waals surface area contributed by atoms with Crippen LogP contribution in [0.2, 0.25) is 0 Å². The molecule has 1 N–H and O–H groups in total. The van der Waals surface area contributed by atoms with Crippen LogP contribution in [0.1, 0.15) is 88.5 Å². The zero-order chi connectivity index (χ0) is 39.4. The fourth-order valence-electron chi connectivity index (χ4n) is 13.0. The maximum absolute atomic E-state index is 13.9. The van der Waals surface area contributed by atoms with Crippen molar-refractivity contribution in [2.24, 2.45) is 45.3 Å². The van der Waals surface area contributed by atoms with Gasteiger partial charge in [0.05, 0.1) is 36.8 Å². The lowest BCUT2D eigenvalue weighted by atomic mass is 9.31. The number of carbonyl (C=O) groups is 6. The van der Waals surface area contributed by atoms with E-state index in [0.717, 1.165) is 0 Å². The Balaban J connectivity index is 1.68. The van der Waals surface area contributed by atoms with E-state index in [2.05, 4.69) is 0 Å². The van der Waals surface area contributed by atoms with Crippen LogP contribution in [0, 0.1) is 45.3 Å². The first-order valence-corrected chi connectivity index (χ1v) is 18.5. The van der Waals surface area contributed by atoms with Crippen LogP contribution in [-0.4, -0.2) is 109 Å². The van der Waals surface area contributed by atoms with Crippen molar-refractivity contribution >= 4 is 35.8 Å². The zero-order valence-corrected chi connectivity index (χ0v) is 32.5. The summed E-state index contributed by atoms with van der Waals surface area (Å²) in [5, 5.41) is 13.6. The molecule has 4 saturated carbocycles. The van der Waals surface area contributed by atoms with Crippen molar-refractivity contribution in [2.75, 3.05) is 20.3 Å². The number of aliphatic hydroxyl groups is 1. The van der Waals surface area contributed by atoms with Crippen LogP contribution in [0.25, 0.3) is 0 Å². The zero-order valence-electron chi connectivity index (χ0n) is 32.5. The highest BCUT2D eigenvalue weighted by molar-refractivity contribution is 5.86. The van der Waals surface area contributed by atoms with E-state index in [4.69, 9.17) is 37.9 Å². The summed E-state index contributed by atoms with van der Waals surface area (Å²) in [6, 6.07) is 0. The van der Waals surface area contributed by atoms with Crippen molar-refractivity contribution in [2.45, 2.75) is 136 Å². The molecule has 296 valence electrons. The standard InChI is InChI=1S/C38H54O15/c1-17-14-37(45)24-12-13-33(8)25-15-47-16-36(25,18(2)48-19(3)39)29(50-21(5)41)26(49-20(4)40)27(33)34(24,9)30(51-22(6)42)31(52-23(7)43)35(37,10)38(28(17)53-38)32(44)46-11/h17-18,24-31,45H,12-16H2,1-11H3/t17?,18?,24-,25+,26+,27+,28-,29+,30-,31+,33+,34+,35-,36-,37-,38+/m1/s1. The summed E-state index contributed by atoms with van der Waals surface area (Å²) >= 11 is 0. The van der Waals surface area contributed by atoms with E-state index in [9.17, 15) is 33.9 Å². The van der Waals surface area contributed by atoms with Gasteiger partial charge in [0.15, 0.2) is 12.2 Å². The molecule has 6 fully saturated rings. The van der Waals surface area contributed by atoms with Gasteiger partial charge in [-0.25, -0.2) is 4.79 Å². The first kappa shape index (κ1) is 39.4. The summed E-state index contributed by atoms with van der Waals surface area (Å²) in [5.74, 6) is -6.71. The van der Waals surface area contributed by atoms with Crippen LogP contribution in [-0.2, 0) is 66.7 Å². The van der Waals surface area contributed by atoms with Crippen LogP contribution in [0.4, 0.5) is 0 Å². The number of carbonyl (C=O) groups excluding carboxylic acids is 6. The van der Waals surface area contributed by atoms with Crippen molar-refractivity contribution in [3.05, 3.63) is 0 Å². The van der Waals surface area contributed by atoms with Gasteiger partial charge in [-0.05, 0) is 50.4 Å². The number of methoxy groups -OCH3 is 1. The maximum atomic E-state index is 13.9. The third-order valence-electron chi connectivity index (χ3n) is 14.6. The topological polar surface area (TPSA) is 200 Å². The molecule has 2 unspecified atom stereocenters. The van der Waals surface area contributed by atoms with Gasteiger partial charge in [0, 0.05) is 51.9 Å². The highest BCUT2D eigenvalue weighted by atomic mass is 16.7. The van der Waals surface area contributed by atoms with E-state index in [0.29, 0.717) is 12.8 Å². The molecule has 4 aliphatic carbocycles. The molecule has 2 heterocycles. The number of esters is 6. The van der Waals surface area contributed by atoms with Gasteiger partial charge in [-0.15, -0.1) is 0 Å². The maximum Gasteiger partial charge on any atom is 0.341 e. The lowest BCUT2D eigenvalue weighted by Crippen LogP contribution is -2.84. The van der Waals surface area contributed by atoms with Gasteiger partial charge in [0.1, 0.15) is 24.4 Å². The molecule has 0 spiro atoms. The minimum absolute atomic E-state index is 0.00756. The molecule has 2 aliphatic heterocycles. The van der Waals surface area contributed by atoms with Gasteiger partial charge in [-0.1, -0.05) is 20.8 Å². The smallest absolute Gasteiger partial charge is 0.341 e. The number of rotatable bonds is 7. The molecule has 0 aromatic carbocycles. The lowest BCUT2D eigenvalue weighted by molar-refractivity contribution is -0.359. The average molecular weight is 751 g/mol. The van der Waals surface area contributed by atoms with Crippen molar-refractivity contribution < 1.29 is 71.8 Å². The van der Waals surface area contributed by atoms with Crippen LogP contribution >= 0.6 is 0 Å². The predicted octanol–water partition coefficient (Wildman–Crippen LogP) is 2.45. The van der Waals surface area contributed by atoms with E-state index in [1.165, 1.54) is 41.7 Å². The molecule has 6 rings (SSSR count). The van der Waals surface area contributed by atoms with Crippen molar-refractivity contribution in [1.82, 2.24) is 0 Å². The minimum atomic E-state index is -1.83.